The number of ether oxygens (including phenoxy) is 3. The van der Waals surface area contributed by atoms with Gasteiger partial charge in [-0.05, 0) is 43.9 Å². The fraction of sp³-hybridized carbons (Fsp3) is 1.00. The third-order valence-corrected chi connectivity index (χ3v) is 7.09. The van der Waals surface area contributed by atoms with Gasteiger partial charge in [0, 0.05) is 11.8 Å². The number of halogens is 4. The van der Waals surface area contributed by atoms with Crippen LogP contribution in [0.2, 0.25) is 0 Å². The molecule has 4 bridgehead atoms. The molecule has 11 heteroatoms. The van der Waals surface area contributed by atoms with E-state index in [0.717, 1.165) is 25.7 Å². The minimum absolute atomic E-state index is 0.103. The number of rotatable bonds is 5. The molecule has 0 N–H and O–H groups in total. The lowest BCUT2D eigenvalue weighted by Crippen LogP contribution is -2.58. The van der Waals surface area contributed by atoms with Crippen molar-refractivity contribution in [3.05, 3.63) is 0 Å². The second-order valence-electron chi connectivity index (χ2n) is 7.88. The van der Waals surface area contributed by atoms with Gasteiger partial charge in [-0.25, -0.2) is 8.42 Å². The molecule has 5 aliphatic rings. The predicted molar refractivity (Wildman–Crippen MR) is 76.1 cm³/mol. The van der Waals surface area contributed by atoms with Crippen LogP contribution in [0.25, 0.3) is 0 Å². The van der Waals surface area contributed by atoms with Crippen LogP contribution in [-0.2, 0) is 24.3 Å². The van der Waals surface area contributed by atoms with Crippen molar-refractivity contribution >= 4 is 10.1 Å². The van der Waals surface area contributed by atoms with Gasteiger partial charge in [-0.15, -0.1) is 0 Å². The molecule has 4 aliphatic carbocycles. The summed E-state index contributed by atoms with van der Waals surface area (Å²) < 4.78 is 99.8. The van der Waals surface area contributed by atoms with Crippen LogP contribution in [0, 0.1) is 23.7 Å². The van der Waals surface area contributed by atoms with Gasteiger partial charge in [0.1, 0.15) is 6.10 Å². The Hall–Kier alpha value is -0.490. The van der Waals surface area contributed by atoms with Gasteiger partial charge in [-0.1, -0.05) is 0 Å². The monoisotopic (exact) mass is 403 g/mol. The third-order valence-electron chi connectivity index (χ3n) is 6.23. The minimum atomic E-state index is -6.58. The maximum atomic E-state index is 13.4. The van der Waals surface area contributed by atoms with E-state index in [0.29, 0.717) is 11.8 Å². The van der Waals surface area contributed by atoms with Gasteiger partial charge in [0.15, 0.2) is 15.9 Å². The van der Waals surface area contributed by atoms with E-state index in [1.54, 1.807) is 0 Å². The van der Waals surface area contributed by atoms with Crippen LogP contribution in [0.5, 0.6) is 0 Å². The summed E-state index contributed by atoms with van der Waals surface area (Å²) in [6.45, 7) is -1.10. The summed E-state index contributed by atoms with van der Waals surface area (Å²) in [6, 6.07) is 0. The maximum Gasteiger partial charge on any atom is 0.433 e. The molecule has 1 spiro atoms. The Labute approximate surface area is 147 Å². The summed E-state index contributed by atoms with van der Waals surface area (Å²) in [7, 11) is -6.58. The molecule has 0 radical (unpaired) electrons. The molecular weight excluding hydrogens is 384 g/mol. The average Bonchev–Trinajstić information content (AvgIpc) is 2.94. The van der Waals surface area contributed by atoms with Crippen molar-refractivity contribution in [1.82, 2.24) is 0 Å². The highest BCUT2D eigenvalue weighted by Gasteiger charge is 2.65. The van der Waals surface area contributed by atoms with Gasteiger partial charge >= 0.3 is 11.4 Å². The quantitative estimate of drug-likeness (QED) is 0.517. The molecule has 5 rings (SSSR count). The first-order valence-corrected chi connectivity index (χ1v) is 10.0. The first-order chi connectivity index (χ1) is 11.9. The Morgan fingerprint density at radius 2 is 1.58 bits per heavy atom. The Morgan fingerprint density at radius 1 is 1.04 bits per heavy atom. The normalized spacial score (nSPS) is 42.7. The van der Waals surface area contributed by atoms with E-state index in [1.807, 2.05) is 0 Å². The van der Waals surface area contributed by atoms with Crippen LogP contribution < -0.4 is 0 Å². The van der Waals surface area contributed by atoms with Gasteiger partial charge in [-0.3, -0.25) is 0 Å². The van der Waals surface area contributed by atoms with Crippen LogP contribution in [0.3, 0.4) is 0 Å². The topological polar surface area (TPSA) is 84.9 Å². The predicted octanol–water partition coefficient (Wildman–Crippen LogP) is 2.30. The standard InChI is InChI=1S/C15H20F4O6S/c16-14(17,15(18,19)26(20,21)22)24-7-12-6-23-13(25-12)10-2-8-1-9(4-10)5-11(13)3-8/h8-12H,1-7H2,(H,20,21,22)/p-1. The summed E-state index contributed by atoms with van der Waals surface area (Å²) in [5.74, 6) is 0.649. The van der Waals surface area contributed by atoms with Crippen molar-refractivity contribution in [2.24, 2.45) is 23.7 Å². The molecule has 1 unspecified atom stereocenters. The fourth-order valence-corrected chi connectivity index (χ4v) is 5.68. The zero-order chi connectivity index (χ0) is 19.0. The number of alkyl halides is 4. The van der Waals surface area contributed by atoms with Gasteiger partial charge in [0.25, 0.3) is 0 Å². The van der Waals surface area contributed by atoms with Crippen LogP contribution in [0.15, 0.2) is 0 Å². The highest BCUT2D eigenvalue weighted by molar-refractivity contribution is 7.86. The molecule has 1 atom stereocenters. The SMILES string of the molecule is O=S(=O)([O-])C(F)(F)C(F)(F)OCC1COC2(O1)C1CC3CC(C1)CC2C3. The van der Waals surface area contributed by atoms with Crippen molar-refractivity contribution in [2.75, 3.05) is 13.2 Å². The fourth-order valence-electron chi connectivity index (χ4n) is 5.33. The van der Waals surface area contributed by atoms with Gasteiger partial charge in [0.05, 0.1) is 13.2 Å². The van der Waals surface area contributed by atoms with Gasteiger partial charge < -0.3 is 18.8 Å². The molecule has 0 amide bonds. The molecule has 0 aromatic rings. The molecular formula is C15H19F4O6S-. The van der Waals surface area contributed by atoms with Crippen LogP contribution in [0.4, 0.5) is 17.6 Å². The molecule has 0 aromatic carbocycles. The lowest BCUT2D eigenvalue weighted by atomic mass is 9.53. The molecule has 1 heterocycles. The molecule has 6 nitrogen and oxygen atoms in total. The zero-order valence-electron chi connectivity index (χ0n) is 13.7. The third kappa shape index (κ3) is 2.69. The average molecular weight is 403 g/mol. The summed E-state index contributed by atoms with van der Waals surface area (Å²) in [6.07, 6.45) is -1.54. The maximum absolute atomic E-state index is 13.4. The van der Waals surface area contributed by atoms with E-state index in [2.05, 4.69) is 4.74 Å². The van der Waals surface area contributed by atoms with E-state index in [9.17, 15) is 30.5 Å². The molecule has 26 heavy (non-hydrogen) atoms. The molecule has 1 aliphatic heterocycles. The van der Waals surface area contributed by atoms with Gasteiger partial charge in [0.2, 0.25) is 0 Å². The lowest BCUT2D eigenvalue weighted by molar-refractivity contribution is -0.332. The number of hydrogen-bond donors (Lipinski definition) is 0. The second kappa shape index (κ2) is 5.76. The van der Waals surface area contributed by atoms with E-state index in [1.165, 1.54) is 6.42 Å². The summed E-state index contributed by atoms with van der Waals surface area (Å²) in [4.78, 5) is 0. The van der Waals surface area contributed by atoms with Crippen LogP contribution in [-0.4, -0.2) is 49.4 Å². The van der Waals surface area contributed by atoms with Crippen LogP contribution >= 0.6 is 0 Å². The lowest BCUT2D eigenvalue weighted by Gasteiger charge is -2.58. The first kappa shape index (κ1) is 18.9. The van der Waals surface area contributed by atoms with E-state index < -0.39 is 40.0 Å². The minimum Gasteiger partial charge on any atom is -0.743 e. The van der Waals surface area contributed by atoms with Gasteiger partial charge in [-0.2, -0.15) is 17.6 Å². The Bertz CT molecular complexity index is 654. The first-order valence-electron chi connectivity index (χ1n) is 8.61. The molecule has 150 valence electrons. The molecule has 1 saturated heterocycles. The molecule has 4 saturated carbocycles. The zero-order valence-corrected chi connectivity index (χ0v) is 14.5. The summed E-state index contributed by atoms with van der Waals surface area (Å²) in [5, 5.41) is -5.86. The highest BCUT2D eigenvalue weighted by Crippen LogP contribution is 2.61. The molecule has 5 fully saturated rings. The second-order valence-corrected chi connectivity index (χ2v) is 9.30. The van der Waals surface area contributed by atoms with E-state index in [-0.39, 0.29) is 18.4 Å². The Kier molecular flexibility index (Phi) is 4.17. The summed E-state index contributed by atoms with van der Waals surface area (Å²) >= 11 is 0. The van der Waals surface area contributed by atoms with E-state index in [4.69, 9.17) is 9.47 Å². The van der Waals surface area contributed by atoms with Crippen molar-refractivity contribution in [1.29, 1.82) is 0 Å². The highest BCUT2D eigenvalue weighted by atomic mass is 32.2. The van der Waals surface area contributed by atoms with Crippen LogP contribution in [0.1, 0.15) is 32.1 Å². The van der Waals surface area contributed by atoms with E-state index >= 15 is 0 Å². The molecule has 0 aromatic heterocycles. The van der Waals surface area contributed by atoms with Crippen molar-refractivity contribution in [3.63, 3.8) is 0 Å². The van der Waals surface area contributed by atoms with Crippen molar-refractivity contribution in [3.8, 4) is 0 Å². The smallest absolute Gasteiger partial charge is 0.433 e. The Morgan fingerprint density at radius 3 is 2.08 bits per heavy atom. The Balaban J connectivity index is 1.41. The van der Waals surface area contributed by atoms with Crippen molar-refractivity contribution < 1.29 is 44.7 Å². The largest absolute Gasteiger partial charge is 0.743 e. The summed E-state index contributed by atoms with van der Waals surface area (Å²) in [5.41, 5.74) is 0. The van der Waals surface area contributed by atoms with Crippen molar-refractivity contribution in [2.45, 2.75) is 55.4 Å². The number of hydrogen-bond acceptors (Lipinski definition) is 6.